The molecular weight excluding hydrogens is 453 g/mol. The van der Waals surface area contributed by atoms with Gasteiger partial charge in [-0.3, -0.25) is 9.97 Å². The van der Waals surface area contributed by atoms with Crippen LogP contribution in [0.15, 0.2) is 30.6 Å². The number of thiophene rings is 1. The number of nitrogens with zero attached hydrogens (tertiary/aromatic N) is 4. The number of aryl methyl sites for hydroxylation is 2. The number of hydrogen-bond donors (Lipinski definition) is 0. The van der Waals surface area contributed by atoms with Gasteiger partial charge in [0.1, 0.15) is 4.83 Å². The fourth-order valence-corrected chi connectivity index (χ4v) is 4.45. The largest absolute Gasteiger partial charge is 1.00 e. The number of pyridine rings is 1. The van der Waals surface area contributed by atoms with E-state index in [9.17, 15) is 4.79 Å². The number of rotatable bonds is 2. The summed E-state index contributed by atoms with van der Waals surface area (Å²) in [6.45, 7) is 3.82. The van der Waals surface area contributed by atoms with E-state index in [2.05, 4.69) is 20.3 Å². The summed E-state index contributed by atoms with van der Waals surface area (Å²) in [4.78, 5) is 27.1. The van der Waals surface area contributed by atoms with Gasteiger partial charge >= 0.3 is 58.2 Å². The summed E-state index contributed by atoms with van der Waals surface area (Å²) in [7, 11) is 1.50. The zero-order valence-corrected chi connectivity index (χ0v) is 21.9. The summed E-state index contributed by atoms with van der Waals surface area (Å²) in [5.74, 6) is -0.268. The summed E-state index contributed by atoms with van der Waals surface area (Å²) >= 11 is 7.79. The smallest absolute Gasteiger partial charge is 0.651 e. The molecular formula is C19H14ClN4ORbS. The molecule has 5 nitrogen and oxygen atoms in total. The number of fused-ring (bicyclic) bond motifs is 2. The molecule has 0 N–H and O–H groups in total. The van der Waals surface area contributed by atoms with E-state index in [4.69, 9.17) is 11.6 Å². The second-order valence-corrected chi connectivity index (χ2v) is 7.29. The molecule has 130 valence electrons. The van der Waals surface area contributed by atoms with E-state index in [1.807, 2.05) is 32.0 Å². The Morgan fingerprint density at radius 3 is 2.56 bits per heavy atom. The van der Waals surface area contributed by atoms with Crippen LogP contribution in [0, 0.1) is 13.8 Å². The van der Waals surface area contributed by atoms with E-state index in [1.165, 1.54) is 18.4 Å². The van der Waals surface area contributed by atoms with Crippen LogP contribution in [0.4, 0.5) is 0 Å². The zero-order chi connectivity index (χ0) is 18.4. The van der Waals surface area contributed by atoms with Crippen LogP contribution in [0.25, 0.3) is 37.7 Å². The van der Waals surface area contributed by atoms with Crippen molar-refractivity contribution in [2.45, 2.75) is 13.8 Å². The normalized spacial score (nSPS) is 10.8. The monoisotopic (exact) mass is 466 g/mol. The number of hydrogen-bond acceptors (Lipinski definition) is 5. The predicted molar refractivity (Wildman–Crippen MR) is 106 cm³/mol. The number of benzene rings is 1. The molecule has 0 fully saturated rings. The Morgan fingerprint density at radius 1 is 1.15 bits per heavy atom. The zero-order valence-electron chi connectivity index (χ0n) is 15.4. The van der Waals surface area contributed by atoms with Crippen molar-refractivity contribution < 1.29 is 63.0 Å². The first-order valence-electron chi connectivity index (χ1n) is 7.95. The molecule has 1 amide bonds. The Kier molecular flexibility index (Phi) is 6.45. The van der Waals surface area contributed by atoms with Crippen molar-refractivity contribution in [3.63, 3.8) is 0 Å². The van der Waals surface area contributed by atoms with Crippen molar-refractivity contribution >= 4 is 50.1 Å². The molecule has 0 aliphatic carbocycles. The van der Waals surface area contributed by atoms with E-state index < -0.39 is 0 Å². The molecule has 0 atom stereocenters. The Morgan fingerprint density at radius 2 is 1.85 bits per heavy atom. The van der Waals surface area contributed by atoms with Crippen molar-refractivity contribution in [2.75, 3.05) is 7.05 Å². The Labute approximate surface area is 214 Å². The van der Waals surface area contributed by atoms with Gasteiger partial charge in [-0.15, -0.1) is 18.4 Å². The number of carbonyl (C=O) groups is 1. The first-order chi connectivity index (χ1) is 12.5. The van der Waals surface area contributed by atoms with Crippen molar-refractivity contribution in [2.24, 2.45) is 0 Å². The molecule has 0 spiro atoms. The van der Waals surface area contributed by atoms with Gasteiger partial charge < -0.3 is 10.1 Å². The molecule has 0 aliphatic heterocycles. The molecule has 0 saturated carbocycles. The maximum absolute atomic E-state index is 12.5. The minimum Gasteiger partial charge on any atom is -0.651 e. The van der Waals surface area contributed by atoms with Gasteiger partial charge in [-0.25, -0.2) is 4.98 Å². The van der Waals surface area contributed by atoms with Gasteiger partial charge in [0.2, 0.25) is 0 Å². The van der Waals surface area contributed by atoms with Gasteiger partial charge in [0, 0.05) is 23.3 Å². The van der Waals surface area contributed by atoms with Crippen LogP contribution in [0.1, 0.15) is 20.9 Å². The molecule has 0 saturated heterocycles. The summed E-state index contributed by atoms with van der Waals surface area (Å²) < 4.78 is 0. The Bertz CT molecular complexity index is 1190. The number of aromatic nitrogens is 3. The summed E-state index contributed by atoms with van der Waals surface area (Å²) in [6, 6.07) is 5.78. The number of carbonyl (C=O) groups excluding carboxylic acids is 1. The van der Waals surface area contributed by atoms with Gasteiger partial charge in [0.25, 0.3) is 0 Å². The van der Waals surface area contributed by atoms with Crippen LogP contribution in [-0.2, 0) is 0 Å². The third-order valence-electron chi connectivity index (χ3n) is 4.34. The van der Waals surface area contributed by atoms with E-state index >= 15 is 0 Å². The summed E-state index contributed by atoms with van der Waals surface area (Å²) in [5.41, 5.74) is 4.91. The molecule has 3 aromatic heterocycles. The Balaban J connectivity index is 0.00000210. The SMILES string of the molecule is C[N-]C(=O)c1sc2nc(C)c(Cl)c(C)c2c1-c1ccc2nccnc2c1.[Rb+]. The average molecular weight is 467 g/mol. The minimum absolute atomic E-state index is 0. The third kappa shape index (κ3) is 3.63. The summed E-state index contributed by atoms with van der Waals surface area (Å²) in [5, 5.41) is 5.36. The van der Waals surface area contributed by atoms with Gasteiger partial charge in [0.05, 0.1) is 32.5 Å². The van der Waals surface area contributed by atoms with Gasteiger partial charge in [-0.2, -0.15) is 0 Å². The third-order valence-corrected chi connectivity index (χ3v) is 5.96. The van der Waals surface area contributed by atoms with E-state index in [-0.39, 0.29) is 64.1 Å². The van der Waals surface area contributed by atoms with Crippen molar-refractivity contribution in [3.8, 4) is 11.1 Å². The first-order valence-corrected chi connectivity index (χ1v) is 9.15. The van der Waals surface area contributed by atoms with E-state index in [1.54, 1.807) is 12.4 Å². The second kappa shape index (κ2) is 8.31. The fraction of sp³-hybridized carbons (Fsp3) is 0.158. The first kappa shape index (κ1) is 21.0. The molecule has 0 aliphatic rings. The molecule has 4 rings (SSSR count). The quantitative estimate of drug-likeness (QED) is 0.454. The van der Waals surface area contributed by atoms with Crippen molar-refractivity contribution in [3.05, 3.63) is 57.1 Å². The fourth-order valence-electron chi connectivity index (χ4n) is 3.07. The van der Waals surface area contributed by atoms with Crippen molar-refractivity contribution in [1.82, 2.24) is 15.0 Å². The minimum atomic E-state index is -0.268. The molecule has 1 aromatic carbocycles. The van der Waals surface area contributed by atoms with Crippen LogP contribution < -0.4 is 58.2 Å². The molecule has 0 bridgehead atoms. The van der Waals surface area contributed by atoms with Crippen LogP contribution in [0.3, 0.4) is 0 Å². The van der Waals surface area contributed by atoms with E-state index in [0.717, 1.165) is 43.6 Å². The Hall–Kier alpha value is -0.765. The molecule has 27 heavy (non-hydrogen) atoms. The topological polar surface area (TPSA) is 69.8 Å². The number of amides is 1. The van der Waals surface area contributed by atoms with Crippen LogP contribution >= 0.6 is 22.9 Å². The van der Waals surface area contributed by atoms with Crippen LogP contribution in [0.5, 0.6) is 0 Å². The van der Waals surface area contributed by atoms with Gasteiger partial charge in [0.15, 0.2) is 0 Å². The molecule has 0 radical (unpaired) electrons. The average Bonchev–Trinajstić information content (AvgIpc) is 3.04. The van der Waals surface area contributed by atoms with E-state index in [0.29, 0.717) is 9.90 Å². The molecule has 8 heteroatoms. The standard InChI is InChI=1S/C19H15ClN4OS.Rb/c1-9-14-15(11-4-5-12-13(8-11)23-7-6-22-12)17(18(25)21-3)26-19(14)24-10(2)16(9)20;/h4-8H,1-3H3,(H,21,25);/q;+1/p-1. The van der Waals surface area contributed by atoms with Gasteiger partial charge in [-0.05, 0) is 37.1 Å². The number of halogens is 1. The molecule has 0 unspecified atom stereocenters. The van der Waals surface area contributed by atoms with Crippen LogP contribution in [-0.4, -0.2) is 27.9 Å². The molecule has 4 aromatic rings. The predicted octanol–water partition coefficient (Wildman–Crippen LogP) is 2.32. The second-order valence-electron chi connectivity index (χ2n) is 5.91. The van der Waals surface area contributed by atoms with Crippen LogP contribution in [0.2, 0.25) is 5.02 Å². The molecule has 3 heterocycles. The summed E-state index contributed by atoms with van der Waals surface area (Å²) in [6.07, 6.45) is 3.31. The van der Waals surface area contributed by atoms with Crippen molar-refractivity contribution in [1.29, 1.82) is 0 Å². The van der Waals surface area contributed by atoms with Gasteiger partial charge in [-0.1, -0.05) is 17.7 Å². The maximum atomic E-state index is 12.5. The maximum Gasteiger partial charge on any atom is 1.00 e.